The van der Waals surface area contributed by atoms with Gasteiger partial charge in [0.15, 0.2) is 0 Å². The molecular weight excluding hydrogens is 244 g/mol. The van der Waals surface area contributed by atoms with Crippen molar-refractivity contribution in [2.75, 3.05) is 0 Å². The van der Waals surface area contributed by atoms with Gasteiger partial charge in [0.1, 0.15) is 0 Å². The monoisotopic (exact) mass is 255 g/mol. The molecule has 0 saturated carbocycles. The van der Waals surface area contributed by atoms with Gasteiger partial charge in [-0.3, -0.25) is 10.1 Å². The fraction of sp³-hybridized carbons (Fsp3) is 0.0714. The first-order valence-corrected chi connectivity index (χ1v) is 5.80. The molecule has 0 aliphatic carbocycles. The average molecular weight is 255 g/mol. The van der Waals surface area contributed by atoms with E-state index in [1.54, 1.807) is 16.7 Å². The van der Waals surface area contributed by atoms with Gasteiger partial charge in [0.25, 0.3) is 6.20 Å². The molecule has 5 heteroatoms. The number of aryl methyl sites for hydroxylation is 1. The largest absolute Gasteiger partial charge is 0.398 e. The second kappa shape index (κ2) is 4.20. The summed E-state index contributed by atoms with van der Waals surface area (Å²) < 4.78 is 7.29. The number of benzene rings is 1. The molecule has 19 heavy (non-hydrogen) atoms. The maximum Gasteiger partial charge on any atom is 0.379 e. The predicted molar refractivity (Wildman–Crippen MR) is 68.7 cm³/mol. The number of pyridine rings is 1. The first-order valence-electron chi connectivity index (χ1n) is 5.80. The topological polar surface area (TPSA) is 60.4 Å². The lowest BCUT2D eigenvalue weighted by molar-refractivity contribution is -0.521. The first kappa shape index (κ1) is 11.4. The van der Waals surface area contributed by atoms with E-state index in [9.17, 15) is 10.1 Å². The zero-order chi connectivity index (χ0) is 13.4. The first-order chi connectivity index (χ1) is 9.13. The summed E-state index contributed by atoms with van der Waals surface area (Å²) in [6.07, 6.45) is 3.18. The van der Waals surface area contributed by atoms with E-state index >= 15 is 0 Å². The van der Waals surface area contributed by atoms with Crippen molar-refractivity contribution < 1.29 is 13.7 Å². The summed E-state index contributed by atoms with van der Waals surface area (Å²) in [7, 11) is 0. The number of nitro groups is 1. The Balaban J connectivity index is 2.11. The van der Waals surface area contributed by atoms with Gasteiger partial charge in [-0.05, 0) is 6.92 Å². The number of oxazole rings is 1. The third kappa shape index (κ3) is 2.06. The van der Waals surface area contributed by atoms with Crippen LogP contribution in [0.1, 0.15) is 5.56 Å². The molecule has 5 nitrogen and oxygen atoms in total. The molecule has 3 rings (SSSR count). The number of nitrogens with zero attached hydrogens (tertiary/aromatic N) is 2. The normalized spacial score (nSPS) is 10.8. The highest BCUT2D eigenvalue weighted by Gasteiger charge is 2.18. The second-order valence-corrected chi connectivity index (χ2v) is 4.35. The van der Waals surface area contributed by atoms with Gasteiger partial charge in [0.2, 0.25) is 12.0 Å². The fourth-order valence-electron chi connectivity index (χ4n) is 1.90. The summed E-state index contributed by atoms with van der Waals surface area (Å²) in [6.45, 7) is 2.01. The van der Waals surface area contributed by atoms with Crippen LogP contribution in [0.25, 0.3) is 17.0 Å². The van der Waals surface area contributed by atoms with Gasteiger partial charge < -0.3 is 4.42 Å². The van der Waals surface area contributed by atoms with Gasteiger partial charge in [-0.1, -0.05) is 29.8 Å². The van der Waals surface area contributed by atoms with Crippen molar-refractivity contribution in [3.05, 3.63) is 64.5 Å². The van der Waals surface area contributed by atoms with Crippen molar-refractivity contribution in [3.63, 3.8) is 0 Å². The van der Waals surface area contributed by atoms with Crippen LogP contribution >= 0.6 is 0 Å². The number of hydrogen-bond acceptors (Lipinski definition) is 3. The molecule has 0 amide bonds. The Hall–Kier alpha value is -2.69. The van der Waals surface area contributed by atoms with Gasteiger partial charge in [-0.25, -0.2) is 0 Å². The molecule has 0 unspecified atom stereocenters. The number of aromatic nitrogens is 1. The van der Waals surface area contributed by atoms with E-state index in [0.29, 0.717) is 11.5 Å². The van der Waals surface area contributed by atoms with E-state index in [1.165, 1.54) is 17.8 Å². The van der Waals surface area contributed by atoms with E-state index in [4.69, 9.17) is 4.42 Å². The number of fused-ring (bicyclic) bond motifs is 1. The molecule has 0 bridgehead atoms. The summed E-state index contributed by atoms with van der Waals surface area (Å²) >= 11 is 0. The standard InChI is InChI=1S/C14H11N2O3/c1-10-2-4-11(5-3-10)13-9-15-8-12(16(17)18)6-7-14(15)19-13/h2-9H,1H3/q+1. The van der Waals surface area contributed by atoms with Crippen molar-refractivity contribution in [2.45, 2.75) is 6.92 Å². The lowest BCUT2D eigenvalue weighted by Crippen LogP contribution is -2.17. The molecule has 2 heterocycles. The summed E-state index contributed by atoms with van der Waals surface area (Å²) in [4.78, 5) is 10.3. The minimum atomic E-state index is -0.426. The number of hydrogen-bond donors (Lipinski definition) is 0. The summed E-state index contributed by atoms with van der Waals surface area (Å²) in [5.41, 5.74) is 2.72. The molecule has 0 saturated heterocycles. The van der Waals surface area contributed by atoms with Crippen LogP contribution in [-0.2, 0) is 0 Å². The van der Waals surface area contributed by atoms with E-state index < -0.39 is 4.92 Å². The number of rotatable bonds is 2. The minimum Gasteiger partial charge on any atom is -0.398 e. The van der Waals surface area contributed by atoms with Crippen molar-refractivity contribution in [1.29, 1.82) is 0 Å². The molecule has 0 fully saturated rings. The quantitative estimate of drug-likeness (QED) is 0.402. The Morgan fingerprint density at radius 2 is 1.84 bits per heavy atom. The molecule has 94 valence electrons. The smallest absolute Gasteiger partial charge is 0.379 e. The molecule has 0 radical (unpaired) electrons. The highest BCUT2D eigenvalue weighted by Crippen LogP contribution is 2.21. The lowest BCUT2D eigenvalue weighted by atomic mass is 10.1. The molecule has 0 aliphatic heterocycles. The van der Waals surface area contributed by atoms with E-state index in [2.05, 4.69) is 0 Å². The summed E-state index contributed by atoms with van der Waals surface area (Å²) in [5.74, 6) is 0.681. The third-order valence-electron chi connectivity index (χ3n) is 2.94. The minimum absolute atomic E-state index is 0.0359. The average Bonchev–Trinajstić information content (AvgIpc) is 2.82. The molecule has 3 aromatic rings. The highest BCUT2D eigenvalue weighted by molar-refractivity contribution is 5.57. The van der Waals surface area contributed by atoms with E-state index in [-0.39, 0.29) is 5.69 Å². The maximum atomic E-state index is 10.7. The zero-order valence-electron chi connectivity index (χ0n) is 10.2. The van der Waals surface area contributed by atoms with Crippen LogP contribution in [0.3, 0.4) is 0 Å². The van der Waals surface area contributed by atoms with Gasteiger partial charge in [-0.15, -0.1) is 4.40 Å². The van der Waals surface area contributed by atoms with Crippen LogP contribution in [0.2, 0.25) is 0 Å². The zero-order valence-corrected chi connectivity index (χ0v) is 10.2. The predicted octanol–water partition coefficient (Wildman–Crippen LogP) is 2.90. The molecular formula is C14H11N2O3+. The fourth-order valence-corrected chi connectivity index (χ4v) is 1.90. The summed E-state index contributed by atoms with van der Waals surface area (Å²) in [5, 5.41) is 10.7. The maximum absolute atomic E-state index is 10.7. The van der Waals surface area contributed by atoms with E-state index in [0.717, 1.165) is 5.56 Å². The molecule has 0 spiro atoms. The van der Waals surface area contributed by atoms with Crippen LogP contribution in [-0.4, -0.2) is 4.92 Å². The van der Waals surface area contributed by atoms with Crippen LogP contribution in [0.15, 0.2) is 53.2 Å². The van der Waals surface area contributed by atoms with Crippen LogP contribution in [0.5, 0.6) is 0 Å². The Bertz CT molecular complexity index is 760. The van der Waals surface area contributed by atoms with Crippen LogP contribution < -0.4 is 4.40 Å². The highest BCUT2D eigenvalue weighted by atomic mass is 16.6. The molecule has 1 aromatic carbocycles. The molecule has 0 atom stereocenters. The van der Waals surface area contributed by atoms with Crippen molar-refractivity contribution >= 4 is 11.4 Å². The molecule has 2 aromatic heterocycles. The van der Waals surface area contributed by atoms with Gasteiger partial charge in [0.05, 0.1) is 11.0 Å². The third-order valence-corrected chi connectivity index (χ3v) is 2.94. The summed E-state index contributed by atoms with van der Waals surface area (Å²) in [6, 6.07) is 10.9. The van der Waals surface area contributed by atoms with Crippen LogP contribution in [0, 0.1) is 17.0 Å². The van der Waals surface area contributed by atoms with Gasteiger partial charge in [-0.2, -0.15) is 0 Å². The Labute approximate surface area is 108 Å². The van der Waals surface area contributed by atoms with Gasteiger partial charge in [0, 0.05) is 11.6 Å². The van der Waals surface area contributed by atoms with Crippen LogP contribution in [0.4, 0.5) is 5.69 Å². The lowest BCUT2D eigenvalue weighted by Gasteiger charge is -1.93. The van der Waals surface area contributed by atoms with Crippen molar-refractivity contribution in [1.82, 2.24) is 0 Å². The van der Waals surface area contributed by atoms with E-state index in [1.807, 2.05) is 31.2 Å². The second-order valence-electron chi connectivity index (χ2n) is 4.35. The van der Waals surface area contributed by atoms with Crippen molar-refractivity contribution in [3.8, 4) is 11.3 Å². The Morgan fingerprint density at radius 3 is 2.53 bits per heavy atom. The Morgan fingerprint density at radius 1 is 1.11 bits per heavy atom. The molecule has 0 N–H and O–H groups in total. The molecule has 0 aliphatic rings. The SMILES string of the molecule is Cc1ccc(-c2c[n+]3cc([N+](=O)[O-])ccc3o2)cc1. The van der Waals surface area contributed by atoms with Crippen molar-refractivity contribution in [2.24, 2.45) is 0 Å². The Kier molecular flexibility index (Phi) is 2.52. The van der Waals surface area contributed by atoms with Gasteiger partial charge >= 0.3 is 11.4 Å².